The highest BCUT2D eigenvalue weighted by atomic mass is 32.2. The van der Waals surface area contributed by atoms with E-state index in [0.717, 1.165) is 0 Å². The second-order valence-corrected chi connectivity index (χ2v) is 5.44. The van der Waals surface area contributed by atoms with Crippen LogP contribution in [0.4, 0.5) is 0 Å². The van der Waals surface area contributed by atoms with Gasteiger partial charge in [0.2, 0.25) is 10.0 Å². The van der Waals surface area contributed by atoms with Crippen molar-refractivity contribution in [3.05, 3.63) is 0 Å². The number of hydrogen-bond donors (Lipinski definition) is 2. The molecular formula is C8H17NO4S. The van der Waals surface area contributed by atoms with E-state index in [9.17, 15) is 8.42 Å². The van der Waals surface area contributed by atoms with Gasteiger partial charge < -0.3 is 9.84 Å². The summed E-state index contributed by atoms with van der Waals surface area (Å²) in [6, 6.07) is -0.0460. The molecule has 1 rings (SSSR count). The summed E-state index contributed by atoms with van der Waals surface area (Å²) in [6.45, 7) is 2.17. The fourth-order valence-corrected chi connectivity index (χ4v) is 2.62. The zero-order valence-corrected chi connectivity index (χ0v) is 9.09. The minimum Gasteiger partial charge on any atom is -0.395 e. The van der Waals surface area contributed by atoms with Crippen LogP contribution in [0.15, 0.2) is 0 Å². The third kappa shape index (κ3) is 3.91. The third-order valence-electron chi connectivity index (χ3n) is 2.19. The van der Waals surface area contributed by atoms with E-state index >= 15 is 0 Å². The maximum Gasteiger partial charge on any atom is 0.214 e. The minimum absolute atomic E-state index is 0.0460. The fourth-order valence-electron chi connectivity index (χ4n) is 1.54. The zero-order chi connectivity index (χ0) is 10.6. The molecule has 14 heavy (non-hydrogen) atoms. The summed E-state index contributed by atoms with van der Waals surface area (Å²) in [5.74, 6) is -0.223. The Morgan fingerprint density at radius 3 is 2.86 bits per heavy atom. The van der Waals surface area contributed by atoms with Crippen molar-refractivity contribution in [1.82, 2.24) is 4.72 Å². The molecule has 5 nitrogen and oxygen atoms in total. The van der Waals surface area contributed by atoms with Gasteiger partial charge in [-0.2, -0.15) is 0 Å². The highest BCUT2D eigenvalue weighted by molar-refractivity contribution is 7.89. The first-order valence-corrected chi connectivity index (χ1v) is 6.41. The van der Waals surface area contributed by atoms with E-state index in [2.05, 4.69) is 4.72 Å². The summed E-state index contributed by atoms with van der Waals surface area (Å²) in [5.41, 5.74) is 0. The number of hydrogen-bond acceptors (Lipinski definition) is 4. The van der Waals surface area contributed by atoms with Crippen molar-refractivity contribution in [3.8, 4) is 0 Å². The van der Waals surface area contributed by atoms with E-state index in [1.807, 2.05) is 6.92 Å². The molecule has 0 aromatic carbocycles. The van der Waals surface area contributed by atoms with Gasteiger partial charge in [0.25, 0.3) is 0 Å². The molecule has 1 fully saturated rings. The molecule has 0 aromatic heterocycles. The van der Waals surface area contributed by atoms with Crippen LogP contribution >= 0.6 is 0 Å². The molecule has 0 bridgehead atoms. The Bertz CT molecular complexity index is 265. The summed E-state index contributed by atoms with van der Waals surface area (Å²) < 4.78 is 30.4. The Morgan fingerprint density at radius 1 is 1.57 bits per heavy atom. The van der Waals surface area contributed by atoms with E-state index in [1.54, 1.807) is 0 Å². The average molecular weight is 223 g/mol. The van der Waals surface area contributed by atoms with Crippen LogP contribution in [0.2, 0.25) is 0 Å². The molecule has 0 radical (unpaired) electrons. The van der Waals surface area contributed by atoms with Gasteiger partial charge in [0, 0.05) is 12.6 Å². The van der Waals surface area contributed by atoms with Crippen LogP contribution in [0, 0.1) is 0 Å². The molecule has 84 valence electrons. The Morgan fingerprint density at radius 2 is 2.29 bits per heavy atom. The zero-order valence-electron chi connectivity index (χ0n) is 8.27. The van der Waals surface area contributed by atoms with Crippen LogP contribution in [0.3, 0.4) is 0 Å². The van der Waals surface area contributed by atoms with Gasteiger partial charge in [-0.15, -0.1) is 0 Å². The van der Waals surface area contributed by atoms with Gasteiger partial charge in [-0.1, -0.05) is 0 Å². The van der Waals surface area contributed by atoms with Gasteiger partial charge in [-0.25, -0.2) is 13.1 Å². The number of aliphatic hydroxyl groups is 1. The molecule has 1 saturated heterocycles. The van der Waals surface area contributed by atoms with E-state index in [1.165, 1.54) is 0 Å². The topological polar surface area (TPSA) is 75.6 Å². The van der Waals surface area contributed by atoms with E-state index < -0.39 is 10.0 Å². The Hall–Kier alpha value is -0.170. The van der Waals surface area contributed by atoms with Crippen molar-refractivity contribution in [3.63, 3.8) is 0 Å². The van der Waals surface area contributed by atoms with E-state index in [-0.39, 0.29) is 24.5 Å². The summed E-state index contributed by atoms with van der Waals surface area (Å²) in [4.78, 5) is 0. The molecule has 0 aromatic rings. The largest absolute Gasteiger partial charge is 0.395 e. The number of ether oxygens (including phenoxy) is 1. The van der Waals surface area contributed by atoms with Crippen LogP contribution in [0.25, 0.3) is 0 Å². The van der Waals surface area contributed by atoms with Crippen LogP contribution in [0.1, 0.15) is 19.8 Å². The lowest BCUT2D eigenvalue weighted by atomic mass is 10.1. The highest BCUT2D eigenvalue weighted by Crippen LogP contribution is 2.13. The monoisotopic (exact) mass is 223 g/mol. The Balaban J connectivity index is 2.43. The Kier molecular flexibility index (Phi) is 4.31. The molecule has 0 amide bonds. The molecule has 0 spiro atoms. The second-order valence-electron chi connectivity index (χ2n) is 3.56. The molecule has 2 atom stereocenters. The SMILES string of the molecule is CC1CC(NS(=O)(=O)CCO)CCO1. The first-order valence-electron chi connectivity index (χ1n) is 4.76. The lowest BCUT2D eigenvalue weighted by Crippen LogP contribution is -2.42. The van der Waals surface area contributed by atoms with Crippen molar-refractivity contribution in [1.29, 1.82) is 0 Å². The number of sulfonamides is 1. The first kappa shape index (κ1) is 11.9. The molecule has 1 aliphatic rings. The molecule has 2 N–H and O–H groups in total. The van der Waals surface area contributed by atoms with Gasteiger partial charge in [0.05, 0.1) is 18.5 Å². The number of rotatable bonds is 4. The first-order chi connectivity index (χ1) is 6.53. The van der Waals surface area contributed by atoms with Gasteiger partial charge in [0.15, 0.2) is 0 Å². The van der Waals surface area contributed by atoms with Crippen molar-refractivity contribution >= 4 is 10.0 Å². The van der Waals surface area contributed by atoms with Gasteiger partial charge in [-0.3, -0.25) is 0 Å². The lowest BCUT2D eigenvalue weighted by Gasteiger charge is -2.27. The van der Waals surface area contributed by atoms with Crippen LogP contribution < -0.4 is 4.72 Å². The third-order valence-corrected chi connectivity index (χ3v) is 3.60. The summed E-state index contributed by atoms with van der Waals surface area (Å²) in [5, 5.41) is 8.54. The minimum atomic E-state index is -3.31. The van der Waals surface area contributed by atoms with Crippen molar-refractivity contribution in [2.45, 2.75) is 31.9 Å². The molecule has 0 aliphatic carbocycles. The normalized spacial score (nSPS) is 29.0. The van der Waals surface area contributed by atoms with Crippen molar-refractivity contribution in [2.75, 3.05) is 19.0 Å². The highest BCUT2D eigenvalue weighted by Gasteiger charge is 2.23. The standard InChI is InChI=1S/C8H17NO4S/c1-7-6-8(2-4-13-7)9-14(11,12)5-3-10/h7-10H,2-6H2,1H3. The Labute approximate surface area is 84.5 Å². The van der Waals surface area contributed by atoms with Gasteiger partial charge >= 0.3 is 0 Å². The van der Waals surface area contributed by atoms with Crippen molar-refractivity contribution in [2.24, 2.45) is 0 Å². The summed E-state index contributed by atoms with van der Waals surface area (Å²) in [7, 11) is -3.31. The van der Waals surface area contributed by atoms with E-state index in [4.69, 9.17) is 9.84 Å². The molecular weight excluding hydrogens is 206 g/mol. The smallest absolute Gasteiger partial charge is 0.214 e. The average Bonchev–Trinajstić information content (AvgIpc) is 2.02. The number of nitrogens with one attached hydrogen (secondary N) is 1. The molecule has 0 saturated carbocycles. The van der Waals surface area contributed by atoms with Crippen LogP contribution in [-0.2, 0) is 14.8 Å². The predicted molar refractivity (Wildman–Crippen MR) is 52.4 cm³/mol. The summed E-state index contributed by atoms with van der Waals surface area (Å²) in [6.07, 6.45) is 1.50. The van der Waals surface area contributed by atoms with E-state index in [0.29, 0.717) is 19.4 Å². The van der Waals surface area contributed by atoms with Crippen molar-refractivity contribution < 1.29 is 18.3 Å². The molecule has 6 heteroatoms. The molecule has 1 heterocycles. The van der Waals surface area contributed by atoms with Crippen LogP contribution in [-0.4, -0.2) is 44.6 Å². The maximum absolute atomic E-state index is 11.3. The quantitative estimate of drug-likeness (QED) is 0.671. The lowest BCUT2D eigenvalue weighted by molar-refractivity contribution is 0.0173. The maximum atomic E-state index is 11.3. The van der Waals surface area contributed by atoms with Gasteiger partial charge in [0.1, 0.15) is 0 Å². The van der Waals surface area contributed by atoms with Gasteiger partial charge in [-0.05, 0) is 19.8 Å². The fraction of sp³-hybridized carbons (Fsp3) is 1.00. The molecule has 2 unspecified atom stereocenters. The second kappa shape index (κ2) is 5.06. The number of aliphatic hydroxyl groups excluding tert-OH is 1. The predicted octanol–water partition coefficient (Wildman–Crippen LogP) is -0.534. The summed E-state index contributed by atoms with van der Waals surface area (Å²) >= 11 is 0. The molecule has 1 aliphatic heterocycles. The van der Waals surface area contributed by atoms with Crippen LogP contribution in [0.5, 0.6) is 0 Å².